The van der Waals surface area contributed by atoms with Gasteiger partial charge in [0.2, 0.25) is 11.8 Å². The molecule has 0 aromatic heterocycles. The Morgan fingerprint density at radius 1 is 1.13 bits per heavy atom. The molecule has 0 bridgehead atoms. The monoisotopic (exact) mass is 332 g/mol. The molecule has 5 nitrogen and oxygen atoms in total. The van der Waals surface area contributed by atoms with E-state index < -0.39 is 6.04 Å². The molecule has 120 valence electrons. The van der Waals surface area contributed by atoms with Crippen LogP contribution in [-0.4, -0.2) is 16.9 Å². The summed E-state index contributed by atoms with van der Waals surface area (Å²) in [5.74, 6) is -0.566. The van der Waals surface area contributed by atoms with Crippen molar-refractivity contribution < 1.29 is 14.7 Å². The van der Waals surface area contributed by atoms with Crippen LogP contribution in [0.25, 0.3) is 0 Å². The van der Waals surface area contributed by atoms with Crippen molar-refractivity contribution >= 4 is 29.1 Å². The van der Waals surface area contributed by atoms with Crippen LogP contribution in [0.2, 0.25) is 5.02 Å². The predicted molar refractivity (Wildman–Crippen MR) is 89.4 cm³/mol. The molecular weight excluding hydrogens is 316 g/mol. The van der Waals surface area contributed by atoms with Gasteiger partial charge in [-0.3, -0.25) is 9.59 Å². The topological polar surface area (TPSA) is 78.4 Å². The summed E-state index contributed by atoms with van der Waals surface area (Å²) < 4.78 is 0. The SMILES string of the molecule is CC(=O)NC(CC(=O)Nc1ccccc1O)c1ccc(Cl)cc1. The minimum Gasteiger partial charge on any atom is -0.506 e. The van der Waals surface area contributed by atoms with Crippen molar-refractivity contribution in [2.45, 2.75) is 19.4 Å². The highest BCUT2D eigenvalue weighted by Gasteiger charge is 2.18. The first-order valence-corrected chi connectivity index (χ1v) is 7.44. The van der Waals surface area contributed by atoms with Crippen LogP contribution in [0.3, 0.4) is 0 Å². The fourth-order valence-corrected chi connectivity index (χ4v) is 2.28. The van der Waals surface area contributed by atoms with Gasteiger partial charge < -0.3 is 15.7 Å². The molecule has 2 rings (SSSR count). The Morgan fingerprint density at radius 2 is 1.78 bits per heavy atom. The minimum absolute atomic E-state index is 0.0107. The molecule has 1 atom stereocenters. The normalized spacial score (nSPS) is 11.6. The number of carbonyl (C=O) groups excluding carboxylic acids is 2. The summed E-state index contributed by atoms with van der Waals surface area (Å²) in [6, 6.07) is 12.9. The van der Waals surface area contributed by atoms with E-state index in [2.05, 4.69) is 10.6 Å². The van der Waals surface area contributed by atoms with E-state index in [1.807, 2.05) is 0 Å². The standard InChI is InChI=1S/C17H17ClN2O3/c1-11(21)19-15(12-6-8-13(18)9-7-12)10-17(23)20-14-4-2-3-5-16(14)22/h2-9,15,22H,10H2,1H3,(H,19,21)(H,20,23). The fraction of sp³-hybridized carbons (Fsp3) is 0.176. The van der Waals surface area contributed by atoms with Crippen molar-refractivity contribution in [2.75, 3.05) is 5.32 Å². The Hall–Kier alpha value is -2.53. The molecule has 0 fully saturated rings. The number of hydrogen-bond donors (Lipinski definition) is 3. The lowest BCUT2D eigenvalue weighted by atomic mass is 10.0. The van der Waals surface area contributed by atoms with Crippen LogP contribution < -0.4 is 10.6 Å². The van der Waals surface area contributed by atoms with Crippen LogP contribution >= 0.6 is 11.6 Å². The number of phenols is 1. The molecule has 0 saturated carbocycles. The van der Waals surface area contributed by atoms with Gasteiger partial charge >= 0.3 is 0 Å². The van der Waals surface area contributed by atoms with Gasteiger partial charge in [-0.15, -0.1) is 0 Å². The van der Waals surface area contributed by atoms with Gasteiger partial charge in [-0.2, -0.15) is 0 Å². The Bertz CT molecular complexity index is 701. The number of carbonyl (C=O) groups is 2. The van der Waals surface area contributed by atoms with Gasteiger partial charge in [0.05, 0.1) is 18.2 Å². The first-order chi connectivity index (χ1) is 11.0. The maximum atomic E-state index is 12.2. The quantitative estimate of drug-likeness (QED) is 0.735. The number of para-hydroxylation sites is 2. The predicted octanol–water partition coefficient (Wildman–Crippen LogP) is 3.25. The molecule has 6 heteroatoms. The van der Waals surface area contributed by atoms with Crippen molar-refractivity contribution in [1.29, 1.82) is 0 Å². The molecule has 23 heavy (non-hydrogen) atoms. The zero-order chi connectivity index (χ0) is 16.8. The van der Waals surface area contributed by atoms with Gasteiger partial charge in [-0.25, -0.2) is 0 Å². The Kier molecular flexibility index (Phi) is 5.60. The van der Waals surface area contributed by atoms with Crippen molar-refractivity contribution in [3.8, 4) is 5.75 Å². The summed E-state index contributed by atoms with van der Waals surface area (Å²) >= 11 is 5.86. The van der Waals surface area contributed by atoms with E-state index in [9.17, 15) is 14.7 Å². The Morgan fingerprint density at radius 3 is 2.39 bits per heavy atom. The van der Waals surface area contributed by atoms with Crippen LogP contribution in [0.4, 0.5) is 5.69 Å². The van der Waals surface area contributed by atoms with E-state index in [0.29, 0.717) is 10.7 Å². The zero-order valence-electron chi connectivity index (χ0n) is 12.5. The smallest absolute Gasteiger partial charge is 0.226 e. The summed E-state index contributed by atoms with van der Waals surface area (Å²) in [5.41, 5.74) is 1.10. The molecule has 1 unspecified atom stereocenters. The van der Waals surface area contributed by atoms with E-state index in [0.717, 1.165) is 5.56 Å². The average Bonchev–Trinajstić information content (AvgIpc) is 2.49. The molecule has 0 radical (unpaired) electrons. The molecular formula is C17H17ClN2O3. The van der Waals surface area contributed by atoms with Crippen LogP contribution in [0.1, 0.15) is 24.9 Å². The number of nitrogens with one attached hydrogen (secondary N) is 2. The highest BCUT2D eigenvalue weighted by Crippen LogP contribution is 2.24. The largest absolute Gasteiger partial charge is 0.506 e. The summed E-state index contributed by atoms with van der Waals surface area (Å²) in [6.45, 7) is 1.39. The van der Waals surface area contributed by atoms with Crippen LogP contribution in [-0.2, 0) is 9.59 Å². The third-order valence-corrected chi connectivity index (χ3v) is 3.47. The molecule has 0 heterocycles. The number of amides is 2. The summed E-state index contributed by atoms with van der Waals surface area (Å²) in [4.78, 5) is 23.6. The zero-order valence-corrected chi connectivity index (χ0v) is 13.3. The maximum Gasteiger partial charge on any atom is 0.226 e. The molecule has 0 aliphatic carbocycles. The van der Waals surface area contributed by atoms with Crippen molar-refractivity contribution in [2.24, 2.45) is 0 Å². The molecule has 0 aliphatic rings. The maximum absolute atomic E-state index is 12.2. The first-order valence-electron chi connectivity index (χ1n) is 7.06. The molecule has 0 aliphatic heterocycles. The second-order valence-corrected chi connectivity index (χ2v) is 5.51. The van der Waals surface area contributed by atoms with Crippen LogP contribution in [0.5, 0.6) is 5.75 Å². The van der Waals surface area contributed by atoms with E-state index in [1.165, 1.54) is 13.0 Å². The van der Waals surface area contributed by atoms with Gasteiger partial charge in [0.25, 0.3) is 0 Å². The van der Waals surface area contributed by atoms with E-state index >= 15 is 0 Å². The fourth-order valence-electron chi connectivity index (χ4n) is 2.16. The van der Waals surface area contributed by atoms with Crippen molar-refractivity contribution in [3.63, 3.8) is 0 Å². The van der Waals surface area contributed by atoms with E-state index in [1.54, 1.807) is 42.5 Å². The Labute approximate surface area is 139 Å². The lowest BCUT2D eigenvalue weighted by Crippen LogP contribution is -2.29. The van der Waals surface area contributed by atoms with Gasteiger partial charge in [0, 0.05) is 11.9 Å². The molecule has 2 amide bonds. The highest BCUT2D eigenvalue weighted by molar-refractivity contribution is 6.30. The lowest BCUT2D eigenvalue weighted by Gasteiger charge is -2.18. The number of halogens is 1. The second-order valence-electron chi connectivity index (χ2n) is 5.07. The summed E-state index contributed by atoms with van der Waals surface area (Å²) in [7, 11) is 0. The number of rotatable bonds is 5. The molecule has 0 spiro atoms. The van der Waals surface area contributed by atoms with Crippen molar-refractivity contribution in [1.82, 2.24) is 5.32 Å². The number of aromatic hydroxyl groups is 1. The minimum atomic E-state index is -0.476. The summed E-state index contributed by atoms with van der Waals surface area (Å²) in [6.07, 6.45) is 0.0372. The van der Waals surface area contributed by atoms with Gasteiger partial charge in [0.15, 0.2) is 0 Å². The summed E-state index contributed by atoms with van der Waals surface area (Å²) in [5, 5.41) is 15.6. The first kappa shape index (κ1) is 16.8. The third-order valence-electron chi connectivity index (χ3n) is 3.22. The van der Waals surface area contributed by atoms with Gasteiger partial charge in [-0.1, -0.05) is 35.9 Å². The molecule has 2 aromatic carbocycles. The number of benzene rings is 2. The second kappa shape index (κ2) is 7.65. The third kappa shape index (κ3) is 5.00. The molecule has 3 N–H and O–H groups in total. The number of phenolic OH excluding ortho intramolecular Hbond substituents is 1. The van der Waals surface area contributed by atoms with Crippen LogP contribution in [0, 0.1) is 0 Å². The Balaban J connectivity index is 2.11. The highest BCUT2D eigenvalue weighted by atomic mass is 35.5. The number of anilines is 1. The van der Waals surface area contributed by atoms with Gasteiger partial charge in [-0.05, 0) is 29.8 Å². The van der Waals surface area contributed by atoms with Crippen LogP contribution in [0.15, 0.2) is 48.5 Å². The van der Waals surface area contributed by atoms with E-state index in [4.69, 9.17) is 11.6 Å². The molecule has 2 aromatic rings. The lowest BCUT2D eigenvalue weighted by molar-refractivity contribution is -0.120. The van der Waals surface area contributed by atoms with Crippen molar-refractivity contribution in [3.05, 3.63) is 59.1 Å². The van der Waals surface area contributed by atoms with Gasteiger partial charge in [0.1, 0.15) is 5.75 Å². The average molecular weight is 333 g/mol. The number of hydrogen-bond acceptors (Lipinski definition) is 3. The molecule has 0 saturated heterocycles. The van der Waals surface area contributed by atoms with E-state index in [-0.39, 0.29) is 24.0 Å².